The second-order valence-electron chi connectivity index (χ2n) is 4.40. The SMILES string of the molecule is Fc1c(C(F)(F)F)ccc2c(Nc3cnccc3Cl)n[nH]c12. The lowest BCUT2D eigenvalue weighted by Crippen LogP contribution is -2.08. The number of aromatic nitrogens is 3. The smallest absolute Gasteiger partial charge is 0.336 e. The number of hydrogen-bond acceptors (Lipinski definition) is 3. The molecule has 0 saturated heterocycles. The van der Waals surface area contributed by atoms with E-state index in [1.54, 1.807) is 0 Å². The highest BCUT2D eigenvalue weighted by atomic mass is 35.5. The maximum Gasteiger partial charge on any atom is 0.419 e. The molecule has 0 spiro atoms. The fourth-order valence-electron chi connectivity index (χ4n) is 1.97. The topological polar surface area (TPSA) is 53.6 Å². The highest BCUT2D eigenvalue weighted by Crippen LogP contribution is 2.36. The molecular formula is C13H7ClF4N4. The van der Waals surface area contributed by atoms with Crippen molar-refractivity contribution in [1.29, 1.82) is 0 Å². The summed E-state index contributed by atoms with van der Waals surface area (Å²) < 4.78 is 51.9. The van der Waals surface area contributed by atoms with Gasteiger partial charge in [0.25, 0.3) is 0 Å². The predicted molar refractivity (Wildman–Crippen MR) is 73.6 cm³/mol. The van der Waals surface area contributed by atoms with Crippen molar-refractivity contribution < 1.29 is 17.6 Å². The molecule has 0 bridgehead atoms. The fraction of sp³-hybridized carbons (Fsp3) is 0.0769. The van der Waals surface area contributed by atoms with Crippen molar-refractivity contribution in [3.05, 3.63) is 47.0 Å². The summed E-state index contributed by atoms with van der Waals surface area (Å²) >= 11 is 5.95. The summed E-state index contributed by atoms with van der Waals surface area (Å²) in [7, 11) is 0. The van der Waals surface area contributed by atoms with Crippen LogP contribution in [0.3, 0.4) is 0 Å². The van der Waals surface area contributed by atoms with Crippen LogP contribution in [-0.2, 0) is 6.18 Å². The summed E-state index contributed by atoms with van der Waals surface area (Å²) in [5.41, 5.74) is -1.29. The average Bonchev–Trinajstić information content (AvgIpc) is 2.84. The van der Waals surface area contributed by atoms with Crippen LogP contribution in [0.25, 0.3) is 10.9 Å². The van der Waals surface area contributed by atoms with Gasteiger partial charge in [-0.2, -0.15) is 18.3 Å². The van der Waals surface area contributed by atoms with E-state index in [2.05, 4.69) is 20.5 Å². The summed E-state index contributed by atoms with van der Waals surface area (Å²) in [5, 5.41) is 9.36. The van der Waals surface area contributed by atoms with E-state index in [9.17, 15) is 17.6 Å². The molecule has 22 heavy (non-hydrogen) atoms. The van der Waals surface area contributed by atoms with Crippen molar-refractivity contribution in [2.45, 2.75) is 6.18 Å². The highest BCUT2D eigenvalue weighted by Gasteiger charge is 2.35. The molecule has 0 fully saturated rings. The third kappa shape index (κ3) is 2.45. The van der Waals surface area contributed by atoms with Crippen LogP contribution < -0.4 is 5.32 Å². The summed E-state index contributed by atoms with van der Waals surface area (Å²) in [4.78, 5) is 3.86. The minimum absolute atomic E-state index is 0.150. The second kappa shape index (κ2) is 5.13. The molecule has 0 amide bonds. The monoisotopic (exact) mass is 330 g/mol. The highest BCUT2D eigenvalue weighted by molar-refractivity contribution is 6.33. The Morgan fingerprint density at radius 2 is 1.95 bits per heavy atom. The summed E-state index contributed by atoms with van der Waals surface area (Å²) in [5.74, 6) is -1.25. The molecule has 1 aromatic carbocycles. The van der Waals surface area contributed by atoms with Gasteiger partial charge in [0.2, 0.25) is 0 Å². The Kier molecular flexibility index (Phi) is 3.40. The van der Waals surface area contributed by atoms with Crippen molar-refractivity contribution in [2.75, 3.05) is 5.32 Å². The third-order valence-electron chi connectivity index (χ3n) is 3.00. The molecule has 0 saturated carbocycles. The van der Waals surface area contributed by atoms with Gasteiger partial charge in [0.1, 0.15) is 5.52 Å². The van der Waals surface area contributed by atoms with E-state index in [4.69, 9.17) is 11.6 Å². The Morgan fingerprint density at radius 3 is 2.64 bits per heavy atom. The van der Waals surface area contributed by atoms with Gasteiger partial charge in [-0.25, -0.2) is 4.39 Å². The van der Waals surface area contributed by atoms with Gasteiger partial charge in [0.05, 0.1) is 22.5 Å². The van der Waals surface area contributed by atoms with Gasteiger partial charge in [-0.05, 0) is 18.2 Å². The molecule has 9 heteroatoms. The molecule has 0 aliphatic heterocycles. The van der Waals surface area contributed by atoms with Crippen molar-refractivity contribution in [2.24, 2.45) is 0 Å². The van der Waals surface area contributed by atoms with Gasteiger partial charge in [0, 0.05) is 11.6 Å². The number of nitrogens with zero attached hydrogens (tertiary/aromatic N) is 2. The zero-order chi connectivity index (χ0) is 15.9. The van der Waals surface area contributed by atoms with Crippen molar-refractivity contribution >= 4 is 34.0 Å². The van der Waals surface area contributed by atoms with Gasteiger partial charge >= 0.3 is 6.18 Å². The Hall–Kier alpha value is -2.35. The molecule has 2 heterocycles. The normalized spacial score (nSPS) is 11.9. The molecule has 2 aromatic heterocycles. The lowest BCUT2D eigenvalue weighted by Gasteiger charge is -2.08. The van der Waals surface area contributed by atoms with Gasteiger partial charge in [-0.15, -0.1) is 0 Å². The number of hydrogen-bond donors (Lipinski definition) is 2. The van der Waals surface area contributed by atoms with E-state index in [0.29, 0.717) is 16.8 Å². The van der Waals surface area contributed by atoms with E-state index in [1.165, 1.54) is 18.5 Å². The zero-order valence-electron chi connectivity index (χ0n) is 10.7. The molecule has 0 aliphatic carbocycles. The van der Waals surface area contributed by atoms with Crippen molar-refractivity contribution in [1.82, 2.24) is 15.2 Å². The first-order valence-electron chi connectivity index (χ1n) is 5.98. The molecule has 0 aliphatic rings. The zero-order valence-corrected chi connectivity index (χ0v) is 11.4. The van der Waals surface area contributed by atoms with Crippen molar-refractivity contribution in [3.8, 4) is 0 Å². The number of rotatable bonds is 2. The quantitative estimate of drug-likeness (QED) is 0.680. The van der Waals surface area contributed by atoms with Crippen LogP contribution in [-0.4, -0.2) is 15.2 Å². The molecule has 4 nitrogen and oxygen atoms in total. The van der Waals surface area contributed by atoms with Crippen LogP contribution in [0.4, 0.5) is 29.1 Å². The maximum absolute atomic E-state index is 13.9. The minimum Gasteiger partial charge on any atom is -0.336 e. The lowest BCUT2D eigenvalue weighted by atomic mass is 10.1. The van der Waals surface area contributed by atoms with E-state index < -0.39 is 17.6 Å². The number of pyridine rings is 1. The predicted octanol–water partition coefficient (Wildman–Crippen LogP) is 4.51. The Labute approximate surface area is 126 Å². The first-order chi connectivity index (χ1) is 10.4. The standard InChI is InChI=1S/C13H7ClF4N4/c14-8-3-4-19-5-9(8)20-12-6-1-2-7(13(16,17)18)10(15)11(6)21-22-12/h1-5H,(H2,20,21,22). The molecular weight excluding hydrogens is 324 g/mol. The average molecular weight is 331 g/mol. The summed E-state index contributed by atoms with van der Waals surface area (Å²) in [6.45, 7) is 0. The number of H-pyrrole nitrogens is 1. The van der Waals surface area contributed by atoms with Gasteiger partial charge in [-0.3, -0.25) is 10.1 Å². The van der Waals surface area contributed by atoms with Crippen LogP contribution >= 0.6 is 11.6 Å². The minimum atomic E-state index is -4.77. The fourth-order valence-corrected chi connectivity index (χ4v) is 2.12. The molecule has 0 atom stereocenters. The Bertz CT molecular complexity index is 844. The number of benzene rings is 1. The Morgan fingerprint density at radius 1 is 1.18 bits per heavy atom. The number of anilines is 2. The third-order valence-corrected chi connectivity index (χ3v) is 3.33. The largest absolute Gasteiger partial charge is 0.419 e. The van der Waals surface area contributed by atoms with Crippen LogP contribution in [0.1, 0.15) is 5.56 Å². The van der Waals surface area contributed by atoms with Gasteiger partial charge in [0.15, 0.2) is 11.6 Å². The van der Waals surface area contributed by atoms with E-state index in [0.717, 1.165) is 6.07 Å². The number of halogens is 5. The van der Waals surface area contributed by atoms with Crippen LogP contribution in [0.15, 0.2) is 30.6 Å². The second-order valence-corrected chi connectivity index (χ2v) is 4.81. The number of nitrogens with one attached hydrogen (secondary N) is 2. The number of alkyl halides is 3. The molecule has 114 valence electrons. The van der Waals surface area contributed by atoms with Crippen LogP contribution in [0.5, 0.6) is 0 Å². The number of aromatic amines is 1. The lowest BCUT2D eigenvalue weighted by molar-refractivity contribution is -0.139. The Balaban J connectivity index is 2.07. The molecule has 3 rings (SSSR count). The first-order valence-corrected chi connectivity index (χ1v) is 6.36. The van der Waals surface area contributed by atoms with Crippen LogP contribution in [0, 0.1) is 5.82 Å². The number of fused-ring (bicyclic) bond motifs is 1. The van der Waals surface area contributed by atoms with Crippen LogP contribution in [0.2, 0.25) is 5.02 Å². The van der Waals surface area contributed by atoms with E-state index in [1.807, 2.05) is 0 Å². The van der Waals surface area contributed by atoms with E-state index >= 15 is 0 Å². The maximum atomic E-state index is 13.9. The van der Waals surface area contributed by atoms with Crippen molar-refractivity contribution in [3.63, 3.8) is 0 Å². The van der Waals surface area contributed by atoms with Gasteiger partial charge in [-0.1, -0.05) is 11.6 Å². The molecule has 3 aromatic rings. The summed E-state index contributed by atoms with van der Waals surface area (Å²) in [6, 6.07) is 3.33. The van der Waals surface area contributed by atoms with Gasteiger partial charge < -0.3 is 5.32 Å². The summed E-state index contributed by atoms with van der Waals surface area (Å²) in [6.07, 6.45) is -1.88. The first kappa shape index (κ1) is 14.6. The van der Waals surface area contributed by atoms with E-state index in [-0.39, 0.29) is 16.7 Å². The molecule has 2 N–H and O–H groups in total. The molecule has 0 radical (unpaired) electrons. The molecule has 0 unspecified atom stereocenters.